The van der Waals surface area contributed by atoms with E-state index < -0.39 is 10.0 Å². The van der Waals surface area contributed by atoms with Gasteiger partial charge in [0.25, 0.3) is 0 Å². The Kier molecular flexibility index (Phi) is 6.20. The Morgan fingerprint density at radius 1 is 1.20 bits per heavy atom. The van der Waals surface area contributed by atoms with E-state index in [1.54, 1.807) is 0 Å². The van der Waals surface area contributed by atoms with E-state index in [1.165, 1.54) is 58.1 Å². The predicted molar refractivity (Wildman–Crippen MR) is 94.2 cm³/mol. The molecule has 2 aromatic rings. The summed E-state index contributed by atoms with van der Waals surface area (Å²) in [6.45, 7) is 7.53. The summed E-state index contributed by atoms with van der Waals surface area (Å²) < 4.78 is 27.8. The standard InChI is InChI=1S/C16H19N5O3S/c1-3-9-21(10-4-2)25(23,24)15-7-5-14(6-8-15)19-16(22)11-20-13-17-12-18-20/h3-8,12-13H,1-2,9-11H2,(H,19,22). The fourth-order valence-corrected chi connectivity index (χ4v) is 3.46. The minimum Gasteiger partial charge on any atom is -0.324 e. The van der Waals surface area contributed by atoms with Gasteiger partial charge in [0.1, 0.15) is 19.2 Å². The SMILES string of the molecule is C=CCN(CC=C)S(=O)(=O)c1ccc(NC(=O)Cn2cncn2)cc1. The molecular formula is C16H19N5O3S. The third-order valence-corrected chi connectivity index (χ3v) is 5.06. The van der Waals surface area contributed by atoms with Gasteiger partial charge in [-0.25, -0.2) is 18.1 Å². The Morgan fingerprint density at radius 2 is 1.84 bits per heavy atom. The van der Waals surface area contributed by atoms with Crippen molar-refractivity contribution in [3.8, 4) is 0 Å². The molecule has 0 aliphatic rings. The molecule has 0 saturated heterocycles. The molecule has 132 valence electrons. The van der Waals surface area contributed by atoms with Gasteiger partial charge in [0.15, 0.2) is 0 Å². The Hall–Kier alpha value is -2.78. The molecule has 8 nitrogen and oxygen atoms in total. The highest BCUT2D eigenvalue weighted by Crippen LogP contribution is 2.18. The molecule has 0 aliphatic carbocycles. The van der Waals surface area contributed by atoms with Crippen LogP contribution in [0.3, 0.4) is 0 Å². The molecule has 1 amide bonds. The zero-order valence-electron chi connectivity index (χ0n) is 13.6. The number of carbonyl (C=O) groups is 1. The van der Waals surface area contributed by atoms with Gasteiger partial charge in [0.2, 0.25) is 15.9 Å². The zero-order valence-corrected chi connectivity index (χ0v) is 14.4. The largest absolute Gasteiger partial charge is 0.324 e. The molecule has 1 aromatic heterocycles. The van der Waals surface area contributed by atoms with Crippen molar-refractivity contribution in [1.29, 1.82) is 0 Å². The number of aromatic nitrogens is 3. The molecule has 9 heteroatoms. The number of nitrogens with zero attached hydrogens (tertiary/aromatic N) is 4. The maximum Gasteiger partial charge on any atom is 0.246 e. The van der Waals surface area contributed by atoms with Crippen LogP contribution in [0, 0.1) is 0 Å². The monoisotopic (exact) mass is 361 g/mol. The lowest BCUT2D eigenvalue weighted by Gasteiger charge is -2.19. The maximum atomic E-state index is 12.6. The van der Waals surface area contributed by atoms with Crippen LogP contribution in [-0.2, 0) is 21.4 Å². The summed E-state index contributed by atoms with van der Waals surface area (Å²) >= 11 is 0. The first kappa shape index (κ1) is 18.6. The van der Waals surface area contributed by atoms with E-state index in [0.29, 0.717) is 5.69 Å². The van der Waals surface area contributed by atoms with Crippen molar-refractivity contribution >= 4 is 21.6 Å². The smallest absolute Gasteiger partial charge is 0.246 e. The highest BCUT2D eigenvalue weighted by atomic mass is 32.2. The van der Waals surface area contributed by atoms with Crippen molar-refractivity contribution in [2.75, 3.05) is 18.4 Å². The normalized spacial score (nSPS) is 11.2. The lowest BCUT2D eigenvalue weighted by atomic mass is 10.3. The van der Waals surface area contributed by atoms with Crippen LogP contribution in [0.5, 0.6) is 0 Å². The summed E-state index contributed by atoms with van der Waals surface area (Å²) in [5.74, 6) is -0.291. The second kappa shape index (κ2) is 8.36. The van der Waals surface area contributed by atoms with Gasteiger partial charge in [0.05, 0.1) is 4.90 Å². The van der Waals surface area contributed by atoms with E-state index in [2.05, 4.69) is 28.6 Å². The highest BCUT2D eigenvalue weighted by Gasteiger charge is 2.22. The van der Waals surface area contributed by atoms with Crippen LogP contribution in [-0.4, -0.2) is 46.5 Å². The number of hydrogen-bond acceptors (Lipinski definition) is 5. The van der Waals surface area contributed by atoms with Gasteiger partial charge in [0, 0.05) is 18.8 Å². The van der Waals surface area contributed by atoms with Gasteiger partial charge in [-0.3, -0.25) is 4.79 Å². The van der Waals surface area contributed by atoms with Gasteiger partial charge < -0.3 is 5.32 Å². The summed E-state index contributed by atoms with van der Waals surface area (Å²) in [4.78, 5) is 15.8. The van der Waals surface area contributed by atoms with Crippen LogP contribution in [0.4, 0.5) is 5.69 Å². The number of anilines is 1. The van der Waals surface area contributed by atoms with Gasteiger partial charge in [-0.1, -0.05) is 12.2 Å². The minimum absolute atomic E-state index is 0.0203. The molecule has 1 heterocycles. The van der Waals surface area contributed by atoms with Crippen LogP contribution in [0.25, 0.3) is 0 Å². The van der Waals surface area contributed by atoms with E-state index in [4.69, 9.17) is 0 Å². The molecule has 0 spiro atoms. The van der Waals surface area contributed by atoms with Crippen LogP contribution >= 0.6 is 0 Å². The van der Waals surface area contributed by atoms with Gasteiger partial charge in [-0.2, -0.15) is 9.40 Å². The number of carbonyl (C=O) groups excluding carboxylic acids is 1. The second-order valence-electron chi connectivity index (χ2n) is 5.06. The van der Waals surface area contributed by atoms with E-state index >= 15 is 0 Å². The first-order valence-electron chi connectivity index (χ1n) is 7.41. The van der Waals surface area contributed by atoms with Crippen molar-refractivity contribution < 1.29 is 13.2 Å². The summed E-state index contributed by atoms with van der Waals surface area (Å²) in [5, 5.41) is 6.51. The topological polar surface area (TPSA) is 97.2 Å². The Labute approximate surface area is 146 Å². The first-order valence-corrected chi connectivity index (χ1v) is 8.85. The number of hydrogen-bond donors (Lipinski definition) is 1. The molecule has 0 radical (unpaired) electrons. The van der Waals surface area contributed by atoms with Crippen molar-refractivity contribution in [2.45, 2.75) is 11.4 Å². The van der Waals surface area contributed by atoms with Gasteiger partial charge in [-0.05, 0) is 24.3 Å². The van der Waals surface area contributed by atoms with E-state index in [1.807, 2.05) is 0 Å². The zero-order chi connectivity index (χ0) is 18.3. The average Bonchev–Trinajstić information content (AvgIpc) is 3.08. The fourth-order valence-electron chi connectivity index (χ4n) is 2.08. The first-order chi connectivity index (χ1) is 12.0. The van der Waals surface area contributed by atoms with E-state index in [0.717, 1.165) is 0 Å². The van der Waals surface area contributed by atoms with E-state index in [-0.39, 0.29) is 30.4 Å². The van der Waals surface area contributed by atoms with Gasteiger partial charge in [-0.15, -0.1) is 13.2 Å². The van der Waals surface area contributed by atoms with Crippen molar-refractivity contribution in [2.24, 2.45) is 0 Å². The molecule has 2 rings (SSSR count). The van der Waals surface area contributed by atoms with Crippen LogP contribution in [0.1, 0.15) is 0 Å². The molecule has 0 bridgehead atoms. The number of sulfonamides is 1. The van der Waals surface area contributed by atoms with Crippen molar-refractivity contribution in [3.05, 3.63) is 62.2 Å². The Bertz CT molecular complexity index is 819. The molecule has 1 aromatic carbocycles. The van der Waals surface area contributed by atoms with Crippen LogP contribution in [0.2, 0.25) is 0 Å². The predicted octanol–water partition coefficient (Wildman–Crippen LogP) is 1.28. The maximum absolute atomic E-state index is 12.6. The van der Waals surface area contributed by atoms with Gasteiger partial charge >= 0.3 is 0 Å². The third-order valence-electron chi connectivity index (χ3n) is 3.21. The molecule has 0 saturated carbocycles. The van der Waals surface area contributed by atoms with Crippen LogP contribution < -0.4 is 5.32 Å². The highest BCUT2D eigenvalue weighted by molar-refractivity contribution is 7.89. The number of benzene rings is 1. The Morgan fingerprint density at radius 3 is 2.36 bits per heavy atom. The molecule has 0 aliphatic heterocycles. The molecular weight excluding hydrogens is 342 g/mol. The number of rotatable bonds is 9. The number of nitrogens with one attached hydrogen (secondary N) is 1. The molecule has 0 unspecified atom stereocenters. The van der Waals surface area contributed by atoms with Crippen molar-refractivity contribution in [1.82, 2.24) is 19.1 Å². The lowest BCUT2D eigenvalue weighted by molar-refractivity contribution is -0.116. The summed E-state index contributed by atoms with van der Waals surface area (Å²) in [7, 11) is -3.66. The molecule has 0 atom stereocenters. The molecule has 1 N–H and O–H groups in total. The Balaban J connectivity index is 2.08. The number of amides is 1. The van der Waals surface area contributed by atoms with Crippen molar-refractivity contribution in [3.63, 3.8) is 0 Å². The summed E-state index contributed by atoms with van der Waals surface area (Å²) in [5.41, 5.74) is 0.489. The fraction of sp³-hybridized carbons (Fsp3) is 0.188. The molecule has 25 heavy (non-hydrogen) atoms. The quantitative estimate of drug-likeness (QED) is 0.679. The molecule has 0 fully saturated rings. The minimum atomic E-state index is -3.66. The third kappa shape index (κ3) is 4.85. The van der Waals surface area contributed by atoms with Crippen LogP contribution in [0.15, 0.2) is 67.1 Å². The second-order valence-corrected chi connectivity index (χ2v) is 7.00. The summed E-state index contributed by atoms with van der Waals surface area (Å²) in [6, 6.07) is 5.96. The lowest BCUT2D eigenvalue weighted by Crippen LogP contribution is -2.31. The summed E-state index contributed by atoms with van der Waals surface area (Å²) in [6.07, 6.45) is 5.80. The average molecular weight is 361 g/mol. The van der Waals surface area contributed by atoms with E-state index in [9.17, 15) is 13.2 Å².